The first kappa shape index (κ1) is 11.2. The molecular formula is C13H13NOS. The Labute approximate surface area is 99.4 Å². The van der Waals surface area contributed by atoms with Crippen molar-refractivity contribution < 1.29 is 5.11 Å². The standard InChI is InChI=1S/C13H13NOS/c15-10-12(11-6-2-1-3-7-11)16-13-8-4-5-9-14-13/h1-9,12,15H,10H2/t12-/m1/s1. The van der Waals surface area contributed by atoms with Crippen LogP contribution >= 0.6 is 11.8 Å². The van der Waals surface area contributed by atoms with Gasteiger partial charge in [-0.2, -0.15) is 0 Å². The van der Waals surface area contributed by atoms with Crippen molar-refractivity contribution in [3.05, 3.63) is 60.3 Å². The monoisotopic (exact) mass is 231 g/mol. The van der Waals surface area contributed by atoms with Gasteiger partial charge in [-0.25, -0.2) is 4.98 Å². The van der Waals surface area contributed by atoms with E-state index in [2.05, 4.69) is 4.98 Å². The van der Waals surface area contributed by atoms with Gasteiger partial charge >= 0.3 is 0 Å². The minimum atomic E-state index is 0.0519. The second kappa shape index (κ2) is 5.68. The summed E-state index contributed by atoms with van der Waals surface area (Å²) < 4.78 is 0. The Bertz CT molecular complexity index is 418. The van der Waals surface area contributed by atoms with E-state index in [4.69, 9.17) is 0 Å². The van der Waals surface area contributed by atoms with Crippen LogP contribution in [0.25, 0.3) is 0 Å². The van der Waals surface area contributed by atoms with Crippen LogP contribution in [-0.4, -0.2) is 16.7 Å². The maximum atomic E-state index is 9.39. The van der Waals surface area contributed by atoms with E-state index >= 15 is 0 Å². The van der Waals surface area contributed by atoms with Gasteiger partial charge in [-0.05, 0) is 17.7 Å². The minimum Gasteiger partial charge on any atom is -0.395 e. The zero-order valence-electron chi connectivity index (χ0n) is 8.78. The topological polar surface area (TPSA) is 33.1 Å². The smallest absolute Gasteiger partial charge is 0.0966 e. The number of aliphatic hydroxyl groups excluding tert-OH is 1. The molecule has 1 N–H and O–H groups in total. The highest BCUT2D eigenvalue weighted by molar-refractivity contribution is 7.99. The van der Waals surface area contributed by atoms with Crippen LogP contribution in [0.1, 0.15) is 10.8 Å². The highest BCUT2D eigenvalue weighted by atomic mass is 32.2. The summed E-state index contributed by atoms with van der Waals surface area (Å²) in [6.07, 6.45) is 1.77. The van der Waals surface area contributed by atoms with Crippen molar-refractivity contribution in [3.63, 3.8) is 0 Å². The average molecular weight is 231 g/mol. The number of aliphatic hydroxyl groups is 1. The fourth-order valence-corrected chi connectivity index (χ4v) is 2.38. The molecule has 0 aliphatic heterocycles. The van der Waals surface area contributed by atoms with Crippen molar-refractivity contribution >= 4 is 11.8 Å². The first-order valence-electron chi connectivity index (χ1n) is 5.13. The molecule has 1 aromatic carbocycles. The highest BCUT2D eigenvalue weighted by Crippen LogP contribution is 2.33. The molecule has 2 nitrogen and oxygen atoms in total. The fourth-order valence-electron chi connectivity index (χ4n) is 1.44. The van der Waals surface area contributed by atoms with Crippen LogP contribution < -0.4 is 0 Å². The van der Waals surface area contributed by atoms with Crippen molar-refractivity contribution in [2.24, 2.45) is 0 Å². The van der Waals surface area contributed by atoms with Gasteiger partial charge in [-0.3, -0.25) is 0 Å². The molecule has 0 amide bonds. The molecule has 2 rings (SSSR count). The molecule has 0 radical (unpaired) electrons. The Kier molecular flexibility index (Phi) is 3.97. The van der Waals surface area contributed by atoms with Gasteiger partial charge in [-0.1, -0.05) is 48.2 Å². The Morgan fingerprint density at radius 1 is 1.06 bits per heavy atom. The molecule has 1 heterocycles. The fraction of sp³-hybridized carbons (Fsp3) is 0.154. The normalized spacial score (nSPS) is 12.3. The van der Waals surface area contributed by atoms with Gasteiger partial charge in [0.25, 0.3) is 0 Å². The number of thioether (sulfide) groups is 1. The van der Waals surface area contributed by atoms with E-state index in [-0.39, 0.29) is 11.9 Å². The largest absolute Gasteiger partial charge is 0.395 e. The van der Waals surface area contributed by atoms with Gasteiger partial charge < -0.3 is 5.11 Å². The van der Waals surface area contributed by atoms with Gasteiger partial charge in [-0.15, -0.1) is 0 Å². The molecule has 0 aliphatic carbocycles. The highest BCUT2D eigenvalue weighted by Gasteiger charge is 2.11. The van der Waals surface area contributed by atoms with Gasteiger partial charge in [0.15, 0.2) is 0 Å². The van der Waals surface area contributed by atoms with Gasteiger partial charge in [0.2, 0.25) is 0 Å². The van der Waals surface area contributed by atoms with Crippen molar-refractivity contribution in [2.45, 2.75) is 10.3 Å². The molecule has 0 saturated heterocycles. The quantitative estimate of drug-likeness (QED) is 0.821. The summed E-state index contributed by atoms with van der Waals surface area (Å²) in [5, 5.41) is 10.4. The van der Waals surface area contributed by atoms with E-state index in [1.807, 2.05) is 48.5 Å². The summed E-state index contributed by atoms with van der Waals surface area (Å²) in [4.78, 5) is 4.24. The van der Waals surface area contributed by atoms with Crippen LogP contribution in [0.3, 0.4) is 0 Å². The Hall–Kier alpha value is -1.32. The van der Waals surface area contributed by atoms with Crippen molar-refractivity contribution in [2.75, 3.05) is 6.61 Å². The molecule has 0 aliphatic rings. The Morgan fingerprint density at radius 2 is 1.81 bits per heavy atom. The van der Waals surface area contributed by atoms with Crippen LogP contribution in [0, 0.1) is 0 Å². The van der Waals surface area contributed by atoms with E-state index in [9.17, 15) is 5.11 Å². The predicted octanol–water partition coefficient (Wildman–Crippen LogP) is 2.91. The summed E-state index contributed by atoms with van der Waals surface area (Å²) in [5.74, 6) is 0. The molecular weight excluding hydrogens is 218 g/mol. The summed E-state index contributed by atoms with van der Waals surface area (Å²) in [7, 11) is 0. The molecule has 16 heavy (non-hydrogen) atoms. The maximum Gasteiger partial charge on any atom is 0.0966 e. The number of nitrogens with zero attached hydrogens (tertiary/aromatic N) is 1. The zero-order chi connectivity index (χ0) is 11.2. The van der Waals surface area contributed by atoms with Crippen LogP contribution in [0.2, 0.25) is 0 Å². The average Bonchev–Trinajstić information content (AvgIpc) is 2.38. The van der Waals surface area contributed by atoms with Crippen molar-refractivity contribution in [1.82, 2.24) is 4.98 Å². The minimum absolute atomic E-state index is 0.0519. The molecule has 0 fully saturated rings. The lowest BCUT2D eigenvalue weighted by Gasteiger charge is -2.13. The molecule has 0 saturated carbocycles. The van der Waals surface area contributed by atoms with E-state index in [0.29, 0.717) is 0 Å². The summed E-state index contributed by atoms with van der Waals surface area (Å²) >= 11 is 1.58. The van der Waals surface area contributed by atoms with Crippen LogP contribution in [-0.2, 0) is 0 Å². The summed E-state index contributed by atoms with van der Waals surface area (Å²) in [5.41, 5.74) is 1.13. The maximum absolute atomic E-state index is 9.39. The molecule has 1 atom stereocenters. The first-order valence-corrected chi connectivity index (χ1v) is 6.01. The number of benzene rings is 1. The third-order valence-corrected chi connectivity index (χ3v) is 3.43. The molecule has 82 valence electrons. The van der Waals surface area contributed by atoms with Crippen molar-refractivity contribution in [1.29, 1.82) is 0 Å². The van der Waals surface area contributed by atoms with Crippen LogP contribution in [0.5, 0.6) is 0 Å². The summed E-state index contributed by atoms with van der Waals surface area (Å²) in [6.45, 7) is 0.116. The number of hydrogen-bond acceptors (Lipinski definition) is 3. The number of pyridine rings is 1. The lowest BCUT2D eigenvalue weighted by Crippen LogP contribution is -1.99. The Morgan fingerprint density at radius 3 is 2.44 bits per heavy atom. The van der Waals surface area contributed by atoms with Crippen molar-refractivity contribution in [3.8, 4) is 0 Å². The second-order valence-corrected chi connectivity index (χ2v) is 4.59. The molecule has 1 aromatic heterocycles. The van der Waals surface area contributed by atoms with E-state index in [0.717, 1.165) is 10.6 Å². The lowest BCUT2D eigenvalue weighted by molar-refractivity contribution is 0.296. The molecule has 0 spiro atoms. The number of rotatable bonds is 4. The van der Waals surface area contributed by atoms with E-state index in [1.165, 1.54) is 0 Å². The number of hydrogen-bond donors (Lipinski definition) is 1. The van der Waals surface area contributed by atoms with E-state index < -0.39 is 0 Å². The van der Waals surface area contributed by atoms with Crippen LogP contribution in [0.4, 0.5) is 0 Å². The lowest BCUT2D eigenvalue weighted by atomic mass is 10.2. The SMILES string of the molecule is OC[C@@H](Sc1ccccn1)c1ccccc1. The summed E-state index contributed by atoms with van der Waals surface area (Å²) in [6, 6.07) is 15.8. The first-order chi connectivity index (χ1) is 7.90. The predicted molar refractivity (Wildman–Crippen MR) is 66.4 cm³/mol. The molecule has 0 unspecified atom stereocenters. The van der Waals surface area contributed by atoms with E-state index in [1.54, 1.807) is 18.0 Å². The third-order valence-electron chi connectivity index (χ3n) is 2.24. The Balaban J connectivity index is 2.13. The number of aromatic nitrogens is 1. The zero-order valence-corrected chi connectivity index (χ0v) is 9.60. The van der Waals surface area contributed by atoms with Gasteiger partial charge in [0.05, 0.1) is 16.9 Å². The van der Waals surface area contributed by atoms with Crippen LogP contribution in [0.15, 0.2) is 59.8 Å². The molecule has 3 heteroatoms. The third kappa shape index (κ3) is 2.84. The second-order valence-electron chi connectivity index (χ2n) is 3.37. The molecule has 0 bridgehead atoms. The van der Waals surface area contributed by atoms with Gasteiger partial charge in [0, 0.05) is 6.20 Å². The molecule has 2 aromatic rings. The van der Waals surface area contributed by atoms with Gasteiger partial charge in [0.1, 0.15) is 0 Å².